The Morgan fingerprint density at radius 2 is 1.93 bits per heavy atom. The van der Waals surface area contributed by atoms with Gasteiger partial charge in [-0.05, 0) is 36.8 Å². The molecular formula is C20H18F4N2O4. The summed E-state index contributed by atoms with van der Waals surface area (Å²) in [6.45, 7) is 1.47. The molecule has 1 saturated heterocycles. The molecule has 2 aromatic rings. The summed E-state index contributed by atoms with van der Waals surface area (Å²) in [5.74, 6) is -0.589. The highest BCUT2D eigenvalue weighted by molar-refractivity contribution is 5.92. The summed E-state index contributed by atoms with van der Waals surface area (Å²) in [4.78, 5) is 25.5. The molecule has 1 N–H and O–H groups in total. The highest BCUT2D eigenvalue weighted by atomic mass is 19.4. The van der Waals surface area contributed by atoms with Gasteiger partial charge in [0.25, 0.3) is 0 Å². The number of urea groups is 1. The number of nitrogens with one attached hydrogen (secondary N) is 1. The fourth-order valence-electron chi connectivity index (χ4n) is 3.23. The Morgan fingerprint density at radius 3 is 2.60 bits per heavy atom. The lowest BCUT2D eigenvalue weighted by Gasteiger charge is -2.20. The van der Waals surface area contributed by atoms with Crippen LogP contribution in [0, 0.1) is 5.82 Å². The van der Waals surface area contributed by atoms with Crippen molar-refractivity contribution in [3.05, 3.63) is 65.0 Å². The molecule has 2 aromatic carbocycles. The summed E-state index contributed by atoms with van der Waals surface area (Å²) in [5, 5.41) is 2.55. The van der Waals surface area contributed by atoms with Gasteiger partial charge in [-0.25, -0.2) is 18.9 Å². The highest BCUT2D eigenvalue weighted by Crippen LogP contribution is 2.37. The van der Waals surface area contributed by atoms with Crippen LogP contribution in [0.25, 0.3) is 0 Å². The van der Waals surface area contributed by atoms with Gasteiger partial charge in [-0.1, -0.05) is 18.2 Å². The number of amides is 3. The van der Waals surface area contributed by atoms with Crippen LogP contribution in [0.5, 0.6) is 5.75 Å². The maximum absolute atomic E-state index is 13.7. The number of carbonyl (C=O) groups is 2. The molecule has 0 radical (unpaired) electrons. The van der Waals surface area contributed by atoms with Crippen LogP contribution >= 0.6 is 0 Å². The number of hydrogen-bond acceptors (Lipinski definition) is 4. The van der Waals surface area contributed by atoms with E-state index in [-0.39, 0.29) is 12.1 Å². The van der Waals surface area contributed by atoms with E-state index in [9.17, 15) is 27.2 Å². The molecule has 2 atom stereocenters. The second-order valence-electron chi connectivity index (χ2n) is 6.66. The number of ether oxygens (including phenoxy) is 2. The Morgan fingerprint density at radius 1 is 1.23 bits per heavy atom. The number of hydrogen-bond donors (Lipinski definition) is 1. The molecule has 0 unspecified atom stereocenters. The molecule has 1 fully saturated rings. The van der Waals surface area contributed by atoms with Crippen molar-refractivity contribution in [2.45, 2.75) is 31.8 Å². The molecule has 0 aliphatic carbocycles. The van der Waals surface area contributed by atoms with Crippen molar-refractivity contribution in [2.24, 2.45) is 0 Å². The van der Waals surface area contributed by atoms with Crippen molar-refractivity contribution in [1.82, 2.24) is 10.2 Å². The third kappa shape index (κ3) is 4.32. The van der Waals surface area contributed by atoms with Gasteiger partial charge in [0.05, 0.1) is 18.7 Å². The monoisotopic (exact) mass is 426 g/mol. The quantitative estimate of drug-likeness (QED) is 0.723. The molecule has 160 valence electrons. The SMILES string of the molecule is COc1ccccc1CNC(=O)N1C(=O)O[C@H](c2cc(F)cc(C(F)(F)F)c2)[C@@H]1C. The Kier molecular flexibility index (Phi) is 5.86. The van der Waals surface area contributed by atoms with E-state index in [0.717, 1.165) is 11.0 Å². The lowest BCUT2D eigenvalue weighted by molar-refractivity contribution is -0.137. The van der Waals surface area contributed by atoms with Crippen LogP contribution < -0.4 is 10.1 Å². The predicted molar refractivity (Wildman–Crippen MR) is 97.2 cm³/mol. The van der Waals surface area contributed by atoms with E-state index in [4.69, 9.17) is 9.47 Å². The molecule has 10 heteroatoms. The van der Waals surface area contributed by atoms with E-state index in [1.165, 1.54) is 14.0 Å². The summed E-state index contributed by atoms with van der Waals surface area (Å²) in [6.07, 6.45) is -7.05. The van der Waals surface area contributed by atoms with Gasteiger partial charge in [-0.3, -0.25) is 0 Å². The molecule has 0 spiro atoms. The largest absolute Gasteiger partial charge is 0.496 e. The van der Waals surface area contributed by atoms with Gasteiger partial charge in [-0.2, -0.15) is 13.2 Å². The zero-order valence-corrected chi connectivity index (χ0v) is 16.0. The van der Waals surface area contributed by atoms with E-state index in [2.05, 4.69) is 5.32 Å². The molecule has 3 rings (SSSR count). The minimum atomic E-state index is -4.77. The first-order valence-electron chi connectivity index (χ1n) is 8.89. The van der Waals surface area contributed by atoms with Crippen LogP contribution in [0.15, 0.2) is 42.5 Å². The first-order chi connectivity index (χ1) is 14.1. The Bertz CT molecular complexity index is 964. The fraction of sp³-hybridized carbons (Fsp3) is 0.300. The number of nitrogens with zero attached hydrogens (tertiary/aromatic N) is 1. The second-order valence-corrected chi connectivity index (χ2v) is 6.66. The number of halogens is 4. The van der Waals surface area contributed by atoms with Gasteiger partial charge >= 0.3 is 18.3 Å². The van der Waals surface area contributed by atoms with E-state index in [0.29, 0.717) is 23.4 Å². The minimum Gasteiger partial charge on any atom is -0.496 e. The standard InChI is InChI=1S/C20H18F4N2O4/c1-11-17(13-7-14(20(22,23)24)9-15(21)8-13)30-19(28)26(11)18(27)25-10-12-5-3-4-6-16(12)29-2/h3-9,11,17H,10H2,1-2H3,(H,25,27)/t11-,17-/m0/s1. The number of imide groups is 1. The van der Waals surface area contributed by atoms with Crippen molar-refractivity contribution >= 4 is 12.1 Å². The number of methoxy groups -OCH3 is 1. The van der Waals surface area contributed by atoms with Crippen molar-refractivity contribution in [3.63, 3.8) is 0 Å². The van der Waals surface area contributed by atoms with Gasteiger partial charge < -0.3 is 14.8 Å². The first-order valence-corrected chi connectivity index (χ1v) is 8.89. The third-order valence-electron chi connectivity index (χ3n) is 4.69. The average molecular weight is 426 g/mol. The molecule has 30 heavy (non-hydrogen) atoms. The Balaban J connectivity index is 1.77. The van der Waals surface area contributed by atoms with Gasteiger partial charge in [-0.15, -0.1) is 0 Å². The number of cyclic esters (lactones) is 1. The molecule has 0 saturated carbocycles. The predicted octanol–water partition coefficient (Wildman–Crippen LogP) is 4.64. The van der Waals surface area contributed by atoms with Crippen LogP contribution in [-0.4, -0.2) is 30.2 Å². The number of rotatable bonds is 4. The van der Waals surface area contributed by atoms with Gasteiger partial charge in [0.1, 0.15) is 17.7 Å². The van der Waals surface area contributed by atoms with Gasteiger partial charge in [0.2, 0.25) is 0 Å². The lowest BCUT2D eigenvalue weighted by atomic mass is 10.0. The van der Waals surface area contributed by atoms with Crippen molar-refractivity contribution < 1.29 is 36.6 Å². The maximum atomic E-state index is 13.7. The second kappa shape index (κ2) is 8.21. The smallest absolute Gasteiger partial charge is 0.419 e. The molecule has 1 heterocycles. The van der Waals surface area contributed by atoms with Crippen LogP contribution in [0.1, 0.15) is 29.7 Å². The average Bonchev–Trinajstić information content (AvgIpc) is 2.99. The molecular weight excluding hydrogens is 408 g/mol. The van der Waals surface area contributed by atoms with Crippen LogP contribution in [0.3, 0.4) is 0 Å². The molecule has 6 nitrogen and oxygen atoms in total. The van der Waals surface area contributed by atoms with Crippen LogP contribution in [-0.2, 0) is 17.5 Å². The minimum absolute atomic E-state index is 0.0438. The molecule has 1 aliphatic heterocycles. The zero-order valence-electron chi connectivity index (χ0n) is 16.0. The van der Waals surface area contributed by atoms with Crippen LogP contribution in [0.2, 0.25) is 0 Å². The number of carbonyl (C=O) groups excluding carboxylic acids is 2. The summed E-state index contributed by atoms with van der Waals surface area (Å²) >= 11 is 0. The number of benzene rings is 2. The van der Waals surface area contributed by atoms with Crippen molar-refractivity contribution in [3.8, 4) is 5.75 Å². The van der Waals surface area contributed by atoms with E-state index in [1.54, 1.807) is 24.3 Å². The molecule has 0 aromatic heterocycles. The van der Waals surface area contributed by atoms with E-state index >= 15 is 0 Å². The highest BCUT2D eigenvalue weighted by Gasteiger charge is 2.44. The topological polar surface area (TPSA) is 67.9 Å². The molecule has 1 aliphatic rings. The summed E-state index contributed by atoms with van der Waals surface area (Å²) in [7, 11) is 1.47. The lowest BCUT2D eigenvalue weighted by Crippen LogP contribution is -2.44. The first kappa shape index (κ1) is 21.4. The van der Waals surface area contributed by atoms with Crippen molar-refractivity contribution in [2.75, 3.05) is 7.11 Å². The van der Waals surface area contributed by atoms with Crippen LogP contribution in [0.4, 0.5) is 27.2 Å². The number of para-hydroxylation sites is 1. The normalized spacial score (nSPS) is 18.9. The van der Waals surface area contributed by atoms with E-state index in [1.807, 2.05) is 0 Å². The maximum Gasteiger partial charge on any atom is 0.419 e. The Labute approximate surface area is 169 Å². The fourth-order valence-corrected chi connectivity index (χ4v) is 3.23. The summed E-state index contributed by atoms with van der Waals surface area (Å²) in [6, 6.07) is 7.06. The third-order valence-corrected chi connectivity index (χ3v) is 4.69. The van der Waals surface area contributed by atoms with Gasteiger partial charge in [0.15, 0.2) is 0 Å². The van der Waals surface area contributed by atoms with Gasteiger partial charge in [0, 0.05) is 12.1 Å². The molecule has 0 bridgehead atoms. The zero-order chi connectivity index (χ0) is 22.1. The van der Waals surface area contributed by atoms with E-state index < -0.39 is 41.8 Å². The summed E-state index contributed by atoms with van der Waals surface area (Å²) < 4.78 is 62.9. The van der Waals surface area contributed by atoms with Crippen molar-refractivity contribution in [1.29, 1.82) is 0 Å². The number of alkyl halides is 3. The summed E-state index contributed by atoms with van der Waals surface area (Å²) in [5.41, 5.74) is -0.743. The Hall–Kier alpha value is -3.30. The molecule has 3 amide bonds.